The van der Waals surface area contributed by atoms with Gasteiger partial charge in [0, 0.05) is 6.42 Å². The van der Waals surface area contributed by atoms with Crippen molar-refractivity contribution in [3.05, 3.63) is 0 Å². The van der Waals surface area contributed by atoms with E-state index in [1.165, 1.54) is 70.6 Å². The zero-order valence-electron chi connectivity index (χ0n) is 19.6. The highest BCUT2D eigenvalue weighted by Gasteiger charge is 2.59. The van der Waals surface area contributed by atoms with E-state index >= 15 is 0 Å². The predicted octanol–water partition coefficient (Wildman–Crippen LogP) is 5.70. The average Bonchev–Trinajstić information content (AvgIpc) is 3.05. The predicted molar refractivity (Wildman–Crippen MR) is 121 cm³/mol. The van der Waals surface area contributed by atoms with Gasteiger partial charge in [-0.05, 0) is 112 Å². The van der Waals surface area contributed by atoms with Crippen LogP contribution in [0.5, 0.6) is 0 Å². The van der Waals surface area contributed by atoms with Crippen LogP contribution in [0.3, 0.4) is 0 Å². The maximum atomic E-state index is 10.7. The largest absolute Gasteiger partial charge is 0.480 e. The molecule has 0 saturated heterocycles. The molecule has 4 rings (SSSR count). The van der Waals surface area contributed by atoms with Gasteiger partial charge in [-0.2, -0.15) is 0 Å². The number of unbranched alkanes of at least 4 members (excludes halogenated alkanes) is 1. The van der Waals surface area contributed by atoms with Crippen molar-refractivity contribution in [3.63, 3.8) is 0 Å². The van der Waals surface area contributed by atoms with E-state index in [0.29, 0.717) is 10.8 Å². The molecule has 7 unspecified atom stereocenters. The molecule has 4 nitrogen and oxygen atoms in total. The van der Waals surface area contributed by atoms with Crippen molar-refractivity contribution in [1.82, 2.24) is 5.32 Å². The second kappa shape index (κ2) is 10.1. The van der Waals surface area contributed by atoms with Crippen LogP contribution in [0.4, 0.5) is 0 Å². The summed E-state index contributed by atoms with van der Waals surface area (Å²) < 4.78 is 0. The molecule has 172 valence electrons. The maximum absolute atomic E-state index is 10.7. The Morgan fingerprint density at radius 3 is 2.43 bits per heavy atom. The summed E-state index contributed by atoms with van der Waals surface area (Å²) in [6.07, 6.45) is 19.4. The fourth-order valence-electron chi connectivity index (χ4n) is 8.48. The molecule has 0 bridgehead atoms. The van der Waals surface area contributed by atoms with Gasteiger partial charge >= 0.3 is 5.97 Å². The number of aliphatic carboxylic acids is 1. The van der Waals surface area contributed by atoms with Gasteiger partial charge in [-0.15, -0.1) is 0 Å². The molecule has 7 atom stereocenters. The normalized spacial score (nSPS) is 42.2. The van der Waals surface area contributed by atoms with Crippen molar-refractivity contribution in [2.24, 2.45) is 40.4 Å². The van der Waals surface area contributed by atoms with Gasteiger partial charge < -0.3 is 15.2 Å². The second-order valence-corrected chi connectivity index (χ2v) is 11.2. The third-order valence-electron chi connectivity index (χ3n) is 9.98. The van der Waals surface area contributed by atoms with E-state index in [9.17, 15) is 9.59 Å². The van der Waals surface area contributed by atoms with Gasteiger partial charge in [-0.25, -0.2) is 0 Å². The first kappa shape index (κ1) is 23.8. The van der Waals surface area contributed by atoms with Crippen LogP contribution in [-0.2, 0) is 9.59 Å². The smallest absolute Gasteiger partial charge is 0.317 e. The van der Waals surface area contributed by atoms with Crippen molar-refractivity contribution in [2.45, 2.75) is 97.3 Å². The summed E-state index contributed by atoms with van der Waals surface area (Å²) in [5.41, 5.74) is 1.28. The van der Waals surface area contributed by atoms with Crippen LogP contribution in [0.1, 0.15) is 97.3 Å². The number of carboxylic acids is 1. The maximum Gasteiger partial charge on any atom is 0.317 e. The van der Waals surface area contributed by atoms with Crippen molar-refractivity contribution >= 4 is 12.3 Å². The average molecular weight is 420 g/mol. The molecule has 4 saturated carbocycles. The first-order valence-corrected chi connectivity index (χ1v) is 12.7. The Balaban J connectivity index is 0.000000377. The Hall–Kier alpha value is -0.900. The van der Waals surface area contributed by atoms with E-state index in [1.807, 2.05) is 0 Å². The van der Waals surface area contributed by atoms with E-state index in [0.717, 1.165) is 48.7 Å². The molecule has 0 heterocycles. The first-order chi connectivity index (χ1) is 14.4. The molecule has 0 amide bonds. The van der Waals surface area contributed by atoms with Crippen molar-refractivity contribution < 1.29 is 14.7 Å². The van der Waals surface area contributed by atoms with Crippen LogP contribution in [-0.4, -0.2) is 31.0 Å². The van der Waals surface area contributed by atoms with E-state index in [1.54, 1.807) is 7.05 Å². The molecule has 0 aliphatic heterocycles. The van der Waals surface area contributed by atoms with Gasteiger partial charge in [0.05, 0.1) is 6.54 Å². The lowest BCUT2D eigenvalue weighted by molar-refractivity contribution is -0.135. The zero-order chi connectivity index (χ0) is 21.8. The summed E-state index contributed by atoms with van der Waals surface area (Å²) in [5, 5.41) is 10.3. The molecule has 4 aliphatic rings. The number of hydrogen-bond acceptors (Lipinski definition) is 3. The molecule has 0 radical (unpaired) electrons. The number of likely N-dealkylation sites (N-methyl/N-ethyl adjacent to an activating group) is 1. The number of carbonyl (C=O) groups excluding carboxylic acids is 1. The van der Waals surface area contributed by atoms with Crippen LogP contribution in [0, 0.1) is 40.4 Å². The van der Waals surface area contributed by atoms with E-state index in [2.05, 4.69) is 19.2 Å². The summed E-state index contributed by atoms with van der Waals surface area (Å²) in [6.45, 7) is 5.37. The highest BCUT2D eigenvalue weighted by molar-refractivity contribution is 5.68. The van der Waals surface area contributed by atoms with E-state index < -0.39 is 5.97 Å². The van der Waals surface area contributed by atoms with E-state index in [-0.39, 0.29) is 6.54 Å². The summed E-state index contributed by atoms with van der Waals surface area (Å²) in [5.74, 6) is 4.18. The van der Waals surface area contributed by atoms with Gasteiger partial charge in [-0.3, -0.25) is 4.79 Å². The quantitative estimate of drug-likeness (QED) is 0.428. The molecule has 0 aromatic heterocycles. The van der Waals surface area contributed by atoms with Crippen LogP contribution < -0.4 is 5.32 Å². The summed E-state index contributed by atoms with van der Waals surface area (Å²) in [6, 6.07) is 0. The summed E-state index contributed by atoms with van der Waals surface area (Å²) in [7, 11) is 1.59. The van der Waals surface area contributed by atoms with Crippen molar-refractivity contribution in [2.75, 3.05) is 13.6 Å². The first-order valence-electron chi connectivity index (χ1n) is 12.7. The molecule has 30 heavy (non-hydrogen) atoms. The summed E-state index contributed by atoms with van der Waals surface area (Å²) >= 11 is 0. The topological polar surface area (TPSA) is 66.4 Å². The summed E-state index contributed by atoms with van der Waals surface area (Å²) in [4.78, 5) is 20.2. The van der Waals surface area contributed by atoms with Gasteiger partial charge in [-0.1, -0.05) is 26.7 Å². The number of fused-ring (bicyclic) bond motifs is 5. The minimum atomic E-state index is -0.822. The standard InChI is InChI=1S/C23H38O.C3H7NO2/c1-22-14-5-3-7-17(22)9-11-19-20-12-10-18(8-4-6-16-24)23(20,2)15-13-21(19)22;1-4-2-3(5)6/h16-21H,3-15H2,1-2H3;4H,2H2,1H3,(H,5,6). The van der Waals surface area contributed by atoms with Crippen molar-refractivity contribution in [1.29, 1.82) is 0 Å². The Labute approximate surface area is 184 Å². The van der Waals surface area contributed by atoms with Gasteiger partial charge in [0.15, 0.2) is 0 Å². The number of rotatable bonds is 6. The highest BCUT2D eigenvalue weighted by Crippen LogP contribution is 2.67. The molecule has 4 fully saturated rings. The monoisotopic (exact) mass is 419 g/mol. The Morgan fingerprint density at radius 1 is 1.00 bits per heavy atom. The number of hydrogen-bond donors (Lipinski definition) is 2. The van der Waals surface area contributed by atoms with Crippen LogP contribution in [0.15, 0.2) is 0 Å². The van der Waals surface area contributed by atoms with Crippen molar-refractivity contribution in [3.8, 4) is 0 Å². The molecule has 0 aromatic carbocycles. The van der Waals surface area contributed by atoms with Crippen LogP contribution in [0.25, 0.3) is 0 Å². The lowest BCUT2D eigenvalue weighted by Crippen LogP contribution is -2.52. The molecule has 0 spiro atoms. The Morgan fingerprint density at radius 2 is 1.77 bits per heavy atom. The lowest BCUT2D eigenvalue weighted by Gasteiger charge is -2.60. The SMILES string of the molecule is CC12CCCCC1CCC1C2CCC2(C)C(CCCC=O)CCC12.CNCC(=O)O. The number of nitrogens with one attached hydrogen (secondary N) is 1. The third-order valence-corrected chi connectivity index (χ3v) is 9.98. The molecule has 4 heteroatoms. The van der Waals surface area contributed by atoms with Crippen LogP contribution in [0.2, 0.25) is 0 Å². The molecule has 0 aromatic rings. The second-order valence-electron chi connectivity index (χ2n) is 11.2. The molecular weight excluding hydrogens is 374 g/mol. The fourth-order valence-corrected chi connectivity index (χ4v) is 8.48. The Kier molecular flexibility index (Phi) is 8.03. The molecule has 4 aliphatic carbocycles. The molecule has 2 N–H and O–H groups in total. The Bertz CT molecular complexity index is 593. The third kappa shape index (κ3) is 4.64. The van der Waals surface area contributed by atoms with Crippen LogP contribution >= 0.6 is 0 Å². The lowest BCUT2D eigenvalue weighted by atomic mass is 9.45. The number of aldehydes is 1. The zero-order valence-corrected chi connectivity index (χ0v) is 19.6. The van der Waals surface area contributed by atoms with Gasteiger partial charge in [0.1, 0.15) is 6.29 Å². The minimum absolute atomic E-state index is 0.0417. The van der Waals surface area contributed by atoms with Gasteiger partial charge in [0.25, 0.3) is 0 Å². The minimum Gasteiger partial charge on any atom is -0.480 e. The number of carboxylic acid groups (broad SMARTS) is 1. The van der Waals surface area contributed by atoms with E-state index in [4.69, 9.17) is 5.11 Å². The van der Waals surface area contributed by atoms with Gasteiger partial charge in [0.2, 0.25) is 0 Å². The fraction of sp³-hybridized carbons (Fsp3) is 0.923. The number of carbonyl (C=O) groups is 2. The highest BCUT2D eigenvalue weighted by atomic mass is 16.4. The molecular formula is C26H45NO3.